The van der Waals surface area contributed by atoms with Crippen LogP contribution in [0.1, 0.15) is 11.5 Å². The molecule has 0 aliphatic heterocycles. The Kier molecular flexibility index (Phi) is 7.11. The van der Waals surface area contributed by atoms with Gasteiger partial charge in [-0.05, 0) is 36.4 Å². The van der Waals surface area contributed by atoms with Crippen LogP contribution in [-0.2, 0) is 17.1 Å². The average Bonchev–Trinajstić information content (AvgIpc) is 3.18. The fraction of sp³-hybridized carbons (Fsp3) is 0.250. The molecule has 1 aromatic heterocycles. The number of thioether (sulfide) groups is 1. The molecule has 0 radical (unpaired) electrons. The first kappa shape index (κ1) is 21.1. The molecule has 0 spiro atoms. The first-order chi connectivity index (χ1) is 14.0. The molecule has 0 saturated heterocycles. The lowest BCUT2D eigenvalue weighted by atomic mass is 10.2. The zero-order valence-electron chi connectivity index (χ0n) is 15.9. The van der Waals surface area contributed by atoms with Gasteiger partial charge in [0.05, 0.1) is 19.4 Å². The summed E-state index contributed by atoms with van der Waals surface area (Å²) < 4.78 is 24.1. The van der Waals surface area contributed by atoms with E-state index >= 15 is 0 Å². The molecule has 152 valence electrons. The number of ether oxygens (including phenoxy) is 1. The Morgan fingerprint density at radius 1 is 1.28 bits per heavy atom. The van der Waals surface area contributed by atoms with Crippen LogP contribution in [0.3, 0.4) is 0 Å². The summed E-state index contributed by atoms with van der Waals surface area (Å²) in [6.45, 7) is 0.184. The van der Waals surface area contributed by atoms with Crippen molar-refractivity contribution in [3.63, 3.8) is 0 Å². The van der Waals surface area contributed by atoms with Crippen molar-refractivity contribution in [3.8, 4) is 17.1 Å². The highest BCUT2D eigenvalue weighted by Crippen LogP contribution is 2.24. The number of halogens is 2. The minimum absolute atomic E-state index is 0.133. The highest BCUT2D eigenvalue weighted by atomic mass is 35.5. The second-order valence-corrected chi connectivity index (χ2v) is 7.58. The van der Waals surface area contributed by atoms with E-state index in [1.165, 1.54) is 22.7 Å². The minimum atomic E-state index is -0.372. The molecule has 3 aromatic rings. The van der Waals surface area contributed by atoms with E-state index in [-0.39, 0.29) is 24.0 Å². The van der Waals surface area contributed by atoms with E-state index in [2.05, 4.69) is 10.1 Å². The van der Waals surface area contributed by atoms with Crippen molar-refractivity contribution >= 4 is 29.3 Å². The number of amides is 1. The Bertz CT molecular complexity index is 961. The number of carbonyl (C=O) groups excluding carboxylic acids is 1. The Morgan fingerprint density at radius 3 is 2.72 bits per heavy atom. The Balaban J connectivity index is 1.52. The second kappa shape index (κ2) is 9.76. The van der Waals surface area contributed by atoms with Crippen molar-refractivity contribution in [2.75, 3.05) is 19.9 Å². The molecule has 29 heavy (non-hydrogen) atoms. The molecule has 0 aliphatic carbocycles. The largest absolute Gasteiger partial charge is 0.497 e. The van der Waals surface area contributed by atoms with Crippen LogP contribution in [0.5, 0.6) is 5.75 Å². The zero-order chi connectivity index (χ0) is 20.8. The molecule has 3 rings (SSSR count). The van der Waals surface area contributed by atoms with E-state index in [9.17, 15) is 9.18 Å². The van der Waals surface area contributed by atoms with Crippen LogP contribution in [0.2, 0.25) is 5.02 Å². The lowest BCUT2D eigenvalue weighted by Gasteiger charge is -2.14. The fourth-order valence-electron chi connectivity index (χ4n) is 2.49. The molecule has 9 heteroatoms. The van der Waals surface area contributed by atoms with Gasteiger partial charge in [-0.25, -0.2) is 4.39 Å². The lowest BCUT2D eigenvalue weighted by Crippen LogP contribution is -2.28. The van der Waals surface area contributed by atoms with Crippen molar-refractivity contribution in [1.29, 1.82) is 0 Å². The number of benzene rings is 2. The van der Waals surface area contributed by atoms with Crippen molar-refractivity contribution in [3.05, 3.63) is 64.8 Å². The maximum Gasteiger partial charge on any atom is 0.246 e. The number of aromatic nitrogens is 2. The van der Waals surface area contributed by atoms with Crippen molar-refractivity contribution < 1.29 is 18.4 Å². The van der Waals surface area contributed by atoms with Gasteiger partial charge in [-0.15, -0.1) is 11.8 Å². The van der Waals surface area contributed by atoms with Gasteiger partial charge in [-0.1, -0.05) is 22.8 Å². The summed E-state index contributed by atoms with van der Waals surface area (Å²) in [5.74, 6) is 1.49. The van der Waals surface area contributed by atoms with Crippen molar-refractivity contribution in [2.24, 2.45) is 0 Å². The predicted molar refractivity (Wildman–Crippen MR) is 110 cm³/mol. The highest BCUT2D eigenvalue weighted by Gasteiger charge is 2.16. The third-order valence-corrected chi connectivity index (χ3v) is 5.45. The molecule has 0 bridgehead atoms. The van der Waals surface area contributed by atoms with Gasteiger partial charge in [0.15, 0.2) is 0 Å². The van der Waals surface area contributed by atoms with E-state index in [0.29, 0.717) is 28.1 Å². The SMILES string of the molecule is COc1ccc(-c2noc(CN(C)C(=O)CSCc3c(F)cccc3Cl)n2)cc1. The van der Waals surface area contributed by atoms with Crippen LogP contribution in [0.25, 0.3) is 11.4 Å². The monoisotopic (exact) mass is 435 g/mol. The van der Waals surface area contributed by atoms with Crippen molar-refractivity contribution in [1.82, 2.24) is 15.0 Å². The average molecular weight is 436 g/mol. The maximum absolute atomic E-state index is 13.8. The van der Waals surface area contributed by atoms with Gasteiger partial charge < -0.3 is 14.2 Å². The van der Waals surface area contributed by atoms with Gasteiger partial charge in [0.2, 0.25) is 17.6 Å². The van der Waals surface area contributed by atoms with Crippen LogP contribution in [0, 0.1) is 5.82 Å². The Hall–Kier alpha value is -2.58. The lowest BCUT2D eigenvalue weighted by molar-refractivity contribution is -0.127. The van der Waals surface area contributed by atoms with Crippen molar-refractivity contribution in [2.45, 2.75) is 12.3 Å². The molecule has 0 saturated carbocycles. The van der Waals surface area contributed by atoms with Crippen LogP contribution in [0.15, 0.2) is 47.0 Å². The molecule has 0 aliphatic rings. The molecule has 0 N–H and O–H groups in total. The summed E-state index contributed by atoms with van der Waals surface area (Å²) >= 11 is 7.29. The highest BCUT2D eigenvalue weighted by molar-refractivity contribution is 7.99. The van der Waals surface area contributed by atoms with E-state index in [1.54, 1.807) is 38.4 Å². The number of methoxy groups -OCH3 is 1. The molecular weight excluding hydrogens is 417 g/mol. The summed E-state index contributed by atoms with van der Waals surface area (Å²) in [7, 11) is 3.24. The Morgan fingerprint density at radius 2 is 2.03 bits per heavy atom. The van der Waals surface area contributed by atoms with Crippen LogP contribution < -0.4 is 4.74 Å². The smallest absolute Gasteiger partial charge is 0.246 e. The van der Waals surface area contributed by atoms with E-state index in [1.807, 2.05) is 12.1 Å². The van der Waals surface area contributed by atoms with Crippen LogP contribution in [0.4, 0.5) is 4.39 Å². The zero-order valence-corrected chi connectivity index (χ0v) is 17.5. The number of hydrogen-bond acceptors (Lipinski definition) is 6. The van der Waals surface area contributed by atoms with Gasteiger partial charge in [-0.2, -0.15) is 4.98 Å². The number of carbonyl (C=O) groups is 1. The van der Waals surface area contributed by atoms with Gasteiger partial charge in [0.25, 0.3) is 0 Å². The second-order valence-electron chi connectivity index (χ2n) is 6.18. The third kappa shape index (κ3) is 5.48. The van der Waals surface area contributed by atoms with Gasteiger partial charge >= 0.3 is 0 Å². The number of nitrogens with zero attached hydrogens (tertiary/aromatic N) is 3. The van der Waals surface area contributed by atoms with Crippen LogP contribution in [-0.4, -0.2) is 40.9 Å². The molecule has 0 unspecified atom stereocenters. The first-order valence-electron chi connectivity index (χ1n) is 8.69. The van der Waals surface area contributed by atoms with Gasteiger partial charge in [0.1, 0.15) is 11.6 Å². The van der Waals surface area contributed by atoms with Gasteiger partial charge in [-0.3, -0.25) is 4.79 Å². The van der Waals surface area contributed by atoms with Crippen LogP contribution >= 0.6 is 23.4 Å². The minimum Gasteiger partial charge on any atom is -0.497 e. The van der Waals surface area contributed by atoms with Gasteiger partial charge in [0, 0.05) is 29.0 Å². The molecule has 6 nitrogen and oxygen atoms in total. The summed E-state index contributed by atoms with van der Waals surface area (Å²) in [6.07, 6.45) is 0. The summed E-state index contributed by atoms with van der Waals surface area (Å²) in [4.78, 5) is 18.1. The summed E-state index contributed by atoms with van der Waals surface area (Å²) in [5.41, 5.74) is 1.18. The third-order valence-electron chi connectivity index (χ3n) is 4.15. The predicted octanol–water partition coefficient (Wildman–Crippen LogP) is 4.43. The molecule has 1 amide bonds. The molecule has 0 atom stereocenters. The normalized spacial score (nSPS) is 10.8. The Labute approximate surface area is 177 Å². The molecule has 0 fully saturated rings. The quantitative estimate of drug-likeness (QED) is 0.521. The molecule has 2 aromatic carbocycles. The van der Waals surface area contributed by atoms with E-state index in [0.717, 1.165) is 11.3 Å². The maximum atomic E-state index is 13.8. The molecule has 1 heterocycles. The van der Waals surface area contributed by atoms with E-state index < -0.39 is 0 Å². The number of rotatable bonds is 8. The summed E-state index contributed by atoms with van der Waals surface area (Å²) in [6, 6.07) is 11.8. The number of hydrogen-bond donors (Lipinski definition) is 0. The summed E-state index contributed by atoms with van der Waals surface area (Å²) in [5, 5.41) is 4.31. The molecular formula is C20H19ClFN3O3S. The first-order valence-corrected chi connectivity index (χ1v) is 10.2. The van der Waals surface area contributed by atoms with E-state index in [4.69, 9.17) is 20.9 Å². The fourth-order valence-corrected chi connectivity index (χ4v) is 3.79. The topological polar surface area (TPSA) is 68.5 Å². The standard InChI is InChI=1S/C20H19ClFN3O3S/c1-25(19(26)12-29-11-15-16(21)4-3-5-17(15)22)10-18-23-20(24-28-18)13-6-8-14(27-2)9-7-13/h3-9H,10-12H2,1-2H3.